The van der Waals surface area contributed by atoms with Gasteiger partial charge in [0.25, 0.3) is 5.91 Å². The van der Waals surface area contributed by atoms with Crippen molar-refractivity contribution in [3.8, 4) is 5.69 Å². The van der Waals surface area contributed by atoms with Crippen molar-refractivity contribution in [3.05, 3.63) is 54.3 Å². The third-order valence-electron chi connectivity index (χ3n) is 3.06. The number of aryl methyl sites for hydroxylation is 2. The molecule has 0 unspecified atom stereocenters. The van der Waals surface area contributed by atoms with Crippen LogP contribution in [0.4, 0.5) is 5.69 Å². The fourth-order valence-corrected chi connectivity index (χ4v) is 1.99. The molecule has 106 valence electrons. The van der Waals surface area contributed by atoms with Crippen molar-refractivity contribution in [3.63, 3.8) is 0 Å². The predicted octanol–water partition coefficient (Wildman–Crippen LogP) is 2.12. The number of benzene rings is 1. The van der Waals surface area contributed by atoms with Gasteiger partial charge in [-0.2, -0.15) is 0 Å². The Bertz CT molecular complexity index is 790. The second-order valence-corrected chi connectivity index (χ2v) is 4.51. The summed E-state index contributed by atoms with van der Waals surface area (Å²) in [6.07, 6.45) is 2.87. The van der Waals surface area contributed by atoms with Gasteiger partial charge in [0.15, 0.2) is 12.1 Å². The molecule has 0 aliphatic rings. The first-order chi connectivity index (χ1) is 10.1. The average Bonchev–Trinajstić information content (AvgIpc) is 3.07. The van der Waals surface area contributed by atoms with E-state index in [0.717, 1.165) is 11.5 Å². The second-order valence-electron chi connectivity index (χ2n) is 4.51. The van der Waals surface area contributed by atoms with E-state index in [1.807, 2.05) is 29.7 Å². The van der Waals surface area contributed by atoms with Crippen LogP contribution in [0.15, 0.2) is 41.4 Å². The van der Waals surface area contributed by atoms with E-state index < -0.39 is 0 Å². The number of oxazole rings is 1. The molecule has 0 saturated carbocycles. The van der Waals surface area contributed by atoms with Gasteiger partial charge in [0.05, 0.1) is 5.69 Å². The van der Waals surface area contributed by atoms with Crippen LogP contribution < -0.4 is 5.32 Å². The molecule has 0 fully saturated rings. The van der Waals surface area contributed by atoms with Crippen LogP contribution in [0, 0.1) is 13.8 Å². The summed E-state index contributed by atoms with van der Waals surface area (Å²) in [5, 5.41) is 10.6. The van der Waals surface area contributed by atoms with Gasteiger partial charge in [-0.3, -0.25) is 9.36 Å². The Hall–Kier alpha value is -2.96. The SMILES string of the molecule is Cc1ocnc1C(=O)Nc1cccc(-n2cnnc2C)c1. The molecular weight excluding hydrogens is 270 g/mol. The molecule has 1 N–H and O–H groups in total. The lowest BCUT2D eigenvalue weighted by atomic mass is 10.2. The molecule has 7 nitrogen and oxygen atoms in total. The zero-order chi connectivity index (χ0) is 14.8. The monoisotopic (exact) mass is 283 g/mol. The average molecular weight is 283 g/mol. The third-order valence-corrected chi connectivity index (χ3v) is 3.06. The summed E-state index contributed by atoms with van der Waals surface area (Å²) < 4.78 is 6.86. The summed E-state index contributed by atoms with van der Waals surface area (Å²) in [4.78, 5) is 16.0. The minimum absolute atomic E-state index is 0.279. The molecule has 2 aromatic heterocycles. The van der Waals surface area contributed by atoms with Crippen LogP contribution in [0.2, 0.25) is 0 Å². The van der Waals surface area contributed by atoms with Crippen LogP contribution >= 0.6 is 0 Å². The number of rotatable bonds is 3. The van der Waals surface area contributed by atoms with Crippen molar-refractivity contribution in [1.29, 1.82) is 0 Å². The number of nitrogens with zero attached hydrogens (tertiary/aromatic N) is 4. The minimum atomic E-state index is -0.307. The van der Waals surface area contributed by atoms with Gasteiger partial charge >= 0.3 is 0 Å². The lowest BCUT2D eigenvalue weighted by Gasteiger charge is -2.08. The highest BCUT2D eigenvalue weighted by Crippen LogP contribution is 2.17. The Morgan fingerprint density at radius 3 is 2.86 bits per heavy atom. The molecule has 0 aliphatic carbocycles. The van der Waals surface area contributed by atoms with E-state index in [2.05, 4.69) is 20.5 Å². The summed E-state index contributed by atoms with van der Waals surface area (Å²) in [5.41, 5.74) is 1.81. The Balaban J connectivity index is 1.86. The van der Waals surface area contributed by atoms with Crippen molar-refractivity contribution >= 4 is 11.6 Å². The molecule has 0 saturated heterocycles. The van der Waals surface area contributed by atoms with Gasteiger partial charge in [-0.25, -0.2) is 4.98 Å². The van der Waals surface area contributed by atoms with Gasteiger partial charge in [0.1, 0.15) is 17.9 Å². The summed E-state index contributed by atoms with van der Waals surface area (Å²) in [6.45, 7) is 3.55. The first kappa shape index (κ1) is 13.0. The second kappa shape index (κ2) is 5.20. The van der Waals surface area contributed by atoms with Crippen LogP contribution in [-0.4, -0.2) is 25.7 Å². The topological polar surface area (TPSA) is 85.8 Å². The normalized spacial score (nSPS) is 10.6. The van der Waals surface area contributed by atoms with E-state index >= 15 is 0 Å². The highest BCUT2D eigenvalue weighted by atomic mass is 16.3. The minimum Gasteiger partial charge on any atom is -0.448 e. The lowest BCUT2D eigenvalue weighted by molar-refractivity contribution is 0.102. The highest BCUT2D eigenvalue weighted by molar-refractivity contribution is 6.03. The molecule has 0 spiro atoms. The summed E-state index contributed by atoms with van der Waals surface area (Å²) in [6, 6.07) is 7.40. The fraction of sp³-hybridized carbons (Fsp3) is 0.143. The molecular formula is C14H13N5O2. The first-order valence-electron chi connectivity index (χ1n) is 6.33. The molecule has 3 aromatic rings. The molecule has 7 heteroatoms. The molecule has 0 atom stereocenters. The fourth-order valence-electron chi connectivity index (χ4n) is 1.99. The number of hydrogen-bond donors (Lipinski definition) is 1. The number of aromatic nitrogens is 4. The summed E-state index contributed by atoms with van der Waals surface area (Å²) >= 11 is 0. The number of anilines is 1. The zero-order valence-electron chi connectivity index (χ0n) is 11.6. The van der Waals surface area contributed by atoms with Gasteiger partial charge < -0.3 is 9.73 Å². The van der Waals surface area contributed by atoms with E-state index in [-0.39, 0.29) is 11.6 Å². The standard InChI is InChI=1S/C14H13N5O2/c1-9-13(15-8-21-9)14(20)17-11-4-3-5-12(6-11)19-7-16-18-10(19)2/h3-8H,1-2H3,(H,17,20). The first-order valence-corrected chi connectivity index (χ1v) is 6.33. The van der Waals surface area contributed by atoms with Gasteiger partial charge in [0.2, 0.25) is 0 Å². The maximum Gasteiger partial charge on any atom is 0.277 e. The third kappa shape index (κ3) is 2.53. The number of amides is 1. The Kier molecular flexibility index (Phi) is 3.23. The van der Waals surface area contributed by atoms with Crippen LogP contribution in [0.1, 0.15) is 22.1 Å². The Morgan fingerprint density at radius 2 is 2.19 bits per heavy atom. The predicted molar refractivity (Wildman–Crippen MR) is 75.3 cm³/mol. The van der Waals surface area contributed by atoms with E-state index in [9.17, 15) is 4.79 Å². The molecule has 21 heavy (non-hydrogen) atoms. The van der Waals surface area contributed by atoms with Crippen molar-refractivity contribution in [1.82, 2.24) is 19.7 Å². The summed E-state index contributed by atoms with van der Waals surface area (Å²) in [7, 11) is 0. The Morgan fingerprint density at radius 1 is 1.33 bits per heavy atom. The molecule has 1 aromatic carbocycles. The lowest BCUT2D eigenvalue weighted by Crippen LogP contribution is -2.13. The van der Waals surface area contributed by atoms with E-state index in [1.165, 1.54) is 6.39 Å². The molecule has 0 bridgehead atoms. The van der Waals surface area contributed by atoms with Gasteiger partial charge in [0, 0.05) is 5.69 Å². The van der Waals surface area contributed by atoms with Gasteiger partial charge in [-0.1, -0.05) is 6.07 Å². The maximum absolute atomic E-state index is 12.1. The number of carbonyl (C=O) groups excluding carboxylic acids is 1. The smallest absolute Gasteiger partial charge is 0.277 e. The highest BCUT2D eigenvalue weighted by Gasteiger charge is 2.13. The van der Waals surface area contributed by atoms with Crippen molar-refractivity contribution in [2.45, 2.75) is 13.8 Å². The van der Waals surface area contributed by atoms with Crippen molar-refractivity contribution < 1.29 is 9.21 Å². The largest absolute Gasteiger partial charge is 0.448 e. The van der Waals surface area contributed by atoms with Crippen LogP contribution in [0.3, 0.4) is 0 Å². The zero-order valence-corrected chi connectivity index (χ0v) is 11.6. The van der Waals surface area contributed by atoms with Crippen LogP contribution in [0.25, 0.3) is 5.69 Å². The quantitative estimate of drug-likeness (QED) is 0.795. The molecule has 2 heterocycles. The van der Waals surface area contributed by atoms with Crippen molar-refractivity contribution in [2.24, 2.45) is 0 Å². The molecule has 0 aliphatic heterocycles. The van der Waals surface area contributed by atoms with Crippen LogP contribution in [-0.2, 0) is 0 Å². The number of hydrogen-bond acceptors (Lipinski definition) is 5. The van der Waals surface area contributed by atoms with E-state index in [4.69, 9.17) is 4.42 Å². The Labute approximate surface area is 120 Å². The van der Waals surface area contributed by atoms with Gasteiger partial charge in [-0.05, 0) is 32.0 Å². The molecule has 0 radical (unpaired) electrons. The van der Waals surface area contributed by atoms with Crippen LogP contribution in [0.5, 0.6) is 0 Å². The molecule has 3 rings (SSSR count). The van der Waals surface area contributed by atoms with Crippen molar-refractivity contribution in [2.75, 3.05) is 5.32 Å². The number of carbonyl (C=O) groups is 1. The van der Waals surface area contributed by atoms with E-state index in [0.29, 0.717) is 11.4 Å². The maximum atomic E-state index is 12.1. The molecule has 1 amide bonds. The summed E-state index contributed by atoms with van der Waals surface area (Å²) in [5.74, 6) is 0.947. The van der Waals surface area contributed by atoms with E-state index in [1.54, 1.807) is 19.3 Å². The number of nitrogens with one attached hydrogen (secondary N) is 1. The van der Waals surface area contributed by atoms with Gasteiger partial charge in [-0.15, -0.1) is 10.2 Å².